The van der Waals surface area contributed by atoms with Gasteiger partial charge in [-0.05, 0) is 60.7 Å². The number of nitrogens with two attached hydrogens (primary N) is 1. The molecule has 42 heavy (non-hydrogen) atoms. The number of allylic oxidation sites excluding steroid dienone is 3. The van der Waals surface area contributed by atoms with E-state index in [-0.39, 0.29) is 43.4 Å². The van der Waals surface area contributed by atoms with Gasteiger partial charge in [0.1, 0.15) is 24.3 Å². The van der Waals surface area contributed by atoms with Crippen molar-refractivity contribution in [3.8, 4) is 0 Å². The first-order chi connectivity index (χ1) is 20.2. The molecule has 0 aromatic heterocycles. The predicted molar refractivity (Wildman–Crippen MR) is 155 cm³/mol. The summed E-state index contributed by atoms with van der Waals surface area (Å²) in [5.41, 5.74) is 9.18. The lowest BCUT2D eigenvalue weighted by Crippen LogP contribution is -2.58. The van der Waals surface area contributed by atoms with Crippen LogP contribution in [0.2, 0.25) is 0 Å². The van der Waals surface area contributed by atoms with Crippen LogP contribution in [-0.2, 0) is 33.7 Å². The molecule has 1 saturated heterocycles. The van der Waals surface area contributed by atoms with Gasteiger partial charge in [0, 0.05) is 51.6 Å². The summed E-state index contributed by atoms with van der Waals surface area (Å²) >= 11 is 0. The molecular weight excluding hydrogens is 542 g/mol. The third kappa shape index (κ3) is 7.82. The van der Waals surface area contributed by atoms with Gasteiger partial charge in [-0.1, -0.05) is 42.5 Å². The van der Waals surface area contributed by atoms with E-state index in [1.54, 1.807) is 14.7 Å². The zero-order valence-electron chi connectivity index (χ0n) is 24.1. The molecule has 3 amide bonds. The molecule has 1 fully saturated rings. The minimum Gasteiger partial charge on any atom is -0.445 e. The van der Waals surface area contributed by atoms with Crippen LogP contribution in [0.4, 0.5) is 13.6 Å². The molecule has 2 aromatic carbocycles. The normalized spacial score (nSPS) is 18.2. The van der Waals surface area contributed by atoms with Crippen LogP contribution in [0.25, 0.3) is 0 Å². The van der Waals surface area contributed by atoms with Crippen LogP contribution in [0.3, 0.4) is 0 Å². The van der Waals surface area contributed by atoms with E-state index in [9.17, 15) is 23.2 Å². The van der Waals surface area contributed by atoms with Crippen LogP contribution in [0.15, 0.2) is 66.3 Å². The van der Waals surface area contributed by atoms with Crippen molar-refractivity contribution in [2.45, 2.75) is 51.7 Å². The third-order valence-corrected chi connectivity index (χ3v) is 7.63. The van der Waals surface area contributed by atoms with E-state index in [0.29, 0.717) is 32.6 Å². The molecule has 2 aromatic rings. The molecule has 2 aliphatic heterocycles. The van der Waals surface area contributed by atoms with Gasteiger partial charge >= 0.3 is 6.09 Å². The molecule has 1 unspecified atom stereocenters. The molecule has 4 rings (SSSR count). The van der Waals surface area contributed by atoms with E-state index in [0.717, 1.165) is 34.9 Å². The summed E-state index contributed by atoms with van der Waals surface area (Å²) in [5.74, 6) is -1.67. The van der Waals surface area contributed by atoms with Crippen LogP contribution in [-0.4, -0.2) is 77.5 Å². The van der Waals surface area contributed by atoms with Gasteiger partial charge in [-0.25, -0.2) is 13.6 Å². The molecule has 0 spiro atoms. The number of rotatable bonds is 8. The number of halogens is 2. The minimum absolute atomic E-state index is 0.0128. The minimum atomic E-state index is -0.757. The molecule has 0 radical (unpaired) electrons. The molecule has 2 N–H and O–H groups in total. The van der Waals surface area contributed by atoms with Gasteiger partial charge in [-0.3, -0.25) is 9.59 Å². The van der Waals surface area contributed by atoms with Gasteiger partial charge in [0.05, 0.1) is 0 Å². The van der Waals surface area contributed by atoms with Gasteiger partial charge in [0.25, 0.3) is 0 Å². The van der Waals surface area contributed by atoms with Crippen LogP contribution < -0.4 is 5.73 Å². The molecule has 2 heterocycles. The summed E-state index contributed by atoms with van der Waals surface area (Å²) in [5, 5.41) is 0. The second kappa shape index (κ2) is 14.2. The van der Waals surface area contributed by atoms with E-state index in [4.69, 9.17) is 10.5 Å². The molecule has 2 atom stereocenters. The highest BCUT2D eigenvalue weighted by molar-refractivity contribution is 5.89. The lowest BCUT2D eigenvalue weighted by Gasteiger charge is -2.41. The standard InChI is InChI=1S/C32H38F2N4O4/c1-3-4-7-22(2)21-42-32(41)37-14-12-36(13-15-37)31(40)29-18-23-8-5-6-9-24(23)20-38(29)30(39)19-27(35)17-25-16-26(33)10-11-28(25)34/h3-11,16,27,29H,12-15,17-21,35H2,1-2H3/b4-3-,22-7+/t27-,29?/m1/s1. The highest BCUT2D eigenvalue weighted by Gasteiger charge is 2.38. The first kappa shape index (κ1) is 30.9. The van der Waals surface area contributed by atoms with Crippen LogP contribution >= 0.6 is 0 Å². The van der Waals surface area contributed by atoms with Crippen molar-refractivity contribution in [2.75, 3.05) is 32.8 Å². The number of hydrogen-bond acceptors (Lipinski definition) is 5. The Balaban J connectivity index is 1.40. The summed E-state index contributed by atoms with van der Waals surface area (Å²) in [7, 11) is 0. The van der Waals surface area contributed by atoms with Crippen molar-refractivity contribution in [2.24, 2.45) is 5.73 Å². The van der Waals surface area contributed by atoms with Crippen LogP contribution in [0.1, 0.15) is 37.0 Å². The van der Waals surface area contributed by atoms with E-state index in [2.05, 4.69) is 0 Å². The Morgan fingerprint density at radius 1 is 1.05 bits per heavy atom. The molecular formula is C32H38F2N4O4. The highest BCUT2D eigenvalue weighted by atomic mass is 19.1. The first-order valence-electron chi connectivity index (χ1n) is 14.2. The van der Waals surface area contributed by atoms with Gasteiger partial charge < -0.3 is 25.2 Å². The Kier molecular flexibility index (Phi) is 10.5. The van der Waals surface area contributed by atoms with E-state index in [1.165, 1.54) is 0 Å². The number of piperazine rings is 1. The fourth-order valence-electron chi connectivity index (χ4n) is 5.30. The SMILES string of the molecule is C/C=C\C=C(/C)COC(=O)N1CCN(C(=O)C2Cc3ccccc3CN2C(=O)C[C@H](N)Cc2cc(F)ccc2F)CC1. The molecule has 10 heteroatoms. The Labute approximate surface area is 245 Å². The number of carbonyl (C=O) groups is 3. The summed E-state index contributed by atoms with van der Waals surface area (Å²) in [6.07, 6.45) is 5.44. The summed E-state index contributed by atoms with van der Waals surface area (Å²) < 4.78 is 33.2. The van der Waals surface area contributed by atoms with Gasteiger partial charge in [0.15, 0.2) is 0 Å². The average Bonchev–Trinajstić information content (AvgIpc) is 2.99. The van der Waals surface area contributed by atoms with Crippen molar-refractivity contribution < 1.29 is 27.9 Å². The monoisotopic (exact) mass is 580 g/mol. The van der Waals surface area contributed by atoms with Crippen molar-refractivity contribution in [1.82, 2.24) is 14.7 Å². The maximum atomic E-state index is 14.2. The van der Waals surface area contributed by atoms with Crippen LogP contribution in [0, 0.1) is 11.6 Å². The zero-order valence-corrected chi connectivity index (χ0v) is 24.1. The summed E-state index contributed by atoms with van der Waals surface area (Å²) in [4.78, 5) is 44.7. The molecule has 0 bridgehead atoms. The highest BCUT2D eigenvalue weighted by Crippen LogP contribution is 2.26. The second-order valence-electron chi connectivity index (χ2n) is 10.8. The van der Waals surface area contributed by atoms with Crippen molar-refractivity contribution in [3.05, 3.63) is 94.6 Å². The van der Waals surface area contributed by atoms with E-state index >= 15 is 0 Å². The number of carbonyl (C=O) groups excluding carboxylic acids is 3. The number of ether oxygens (including phenoxy) is 1. The third-order valence-electron chi connectivity index (χ3n) is 7.63. The van der Waals surface area contributed by atoms with Crippen LogP contribution in [0.5, 0.6) is 0 Å². The van der Waals surface area contributed by atoms with E-state index < -0.39 is 29.8 Å². The maximum absolute atomic E-state index is 14.2. The Morgan fingerprint density at radius 2 is 1.74 bits per heavy atom. The largest absolute Gasteiger partial charge is 0.445 e. The number of nitrogens with zero attached hydrogens (tertiary/aromatic N) is 3. The molecule has 8 nitrogen and oxygen atoms in total. The number of hydrogen-bond donors (Lipinski definition) is 1. The number of fused-ring (bicyclic) bond motifs is 1. The summed E-state index contributed by atoms with van der Waals surface area (Å²) in [6.45, 7) is 5.51. The lowest BCUT2D eigenvalue weighted by atomic mass is 9.92. The smallest absolute Gasteiger partial charge is 0.410 e. The van der Waals surface area contributed by atoms with Crippen molar-refractivity contribution in [1.29, 1.82) is 0 Å². The van der Waals surface area contributed by atoms with E-state index in [1.807, 2.05) is 56.3 Å². The predicted octanol–water partition coefficient (Wildman–Crippen LogP) is 3.98. The molecule has 224 valence electrons. The molecule has 0 saturated carbocycles. The first-order valence-corrected chi connectivity index (χ1v) is 14.2. The Bertz CT molecular complexity index is 1350. The Morgan fingerprint density at radius 3 is 2.45 bits per heavy atom. The second-order valence-corrected chi connectivity index (χ2v) is 10.8. The zero-order chi connectivity index (χ0) is 30.2. The molecule has 0 aliphatic carbocycles. The number of benzene rings is 2. The average molecular weight is 581 g/mol. The maximum Gasteiger partial charge on any atom is 0.410 e. The quantitative estimate of drug-likeness (QED) is 0.477. The van der Waals surface area contributed by atoms with Gasteiger partial charge in [-0.15, -0.1) is 0 Å². The fourth-order valence-corrected chi connectivity index (χ4v) is 5.30. The lowest BCUT2D eigenvalue weighted by molar-refractivity contribution is -0.148. The number of amides is 3. The summed E-state index contributed by atoms with van der Waals surface area (Å²) in [6, 6.07) is 9.34. The molecule has 2 aliphatic rings. The van der Waals surface area contributed by atoms with Crippen molar-refractivity contribution >= 4 is 17.9 Å². The van der Waals surface area contributed by atoms with Gasteiger partial charge in [0.2, 0.25) is 11.8 Å². The van der Waals surface area contributed by atoms with Gasteiger partial charge in [-0.2, -0.15) is 0 Å². The van der Waals surface area contributed by atoms with Crippen molar-refractivity contribution in [3.63, 3.8) is 0 Å². The fraction of sp³-hybridized carbons (Fsp3) is 0.406. The topological polar surface area (TPSA) is 96.2 Å². The Hall–Kier alpha value is -4.05.